The molecule has 2 saturated heterocycles. The van der Waals surface area contributed by atoms with Gasteiger partial charge in [-0.2, -0.15) is 0 Å². The van der Waals surface area contributed by atoms with Crippen molar-refractivity contribution in [3.8, 4) is 0 Å². The van der Waals surface area contributed by atoms with Gasteiger partial charge in [-0.25, -0.2) is 4.39 Å². The Morgan fingerprint density at radius 1 is 0.725 bits per heavy atom. The Kier molecular flexibility index (Phi) is 8.77. The third kappa shape index (κ3) is 6.87. The number of amides is 2. The molecule has 4 atom stereocenters. The number of carbonyl (C=O) groups is 2. The van der Waals surface area contributed by atoms with Gasteiger partial charge in [0, 0.05) is 30.2 Å². The quantitative estimate of drug-likeness (QED) is 0.308. The van der Waals surface area contributed by atoms with Crippen LogP contribution in [0.15, 0.2) is 72.8 Å². The van der Waals surface area contributed by atoms with Crippen molar-refractivity contribution >= 4 is 28.9 Å². The molecule has 2 amide bonds. The van der Waals surface area contributed by atoms with Crippen LogP contribution in [0.4, 0.5) is 21.5 Å². The van der Waals surface area contributed by atoms with Crippen molar-refractivity contribution < 1.29 is 14.0 Å². The normalized spacial score (nSPS) is 22.2. The molecule has 0 aliphatic carbocycles. The molecule has 3 aromatic carbocycles. The number of halogens is 1. The topological polar surface area (TPSA) is 85.5 Å². The highest BCUT2D eigenvalue weighted by atomic mass is 19.1. The van der Waals surface area contributed by atoms with Crippen LogP contribution in [-0.4, -0.2) is 37.0 Å². The minimum atomic E-state index is -0.277. The molecule has 0 unspecified atom stereocenters. The van der Waals surface area contributed by atoms with E-state index in [1.807, 2.05) is 48.5 Å². The molecule has 2 aliphatic rings. The minimum absolute atomic E-state index is 0.000609. The molecule has 40 heavy (non-hydrogen) atoms. The summed E-state index contributed by atoms with van der Waals surface area (Å²) in [6, 6.07) is 21.9. The molecule has 5 rings (SSSR count). The van der Waals surface area contributed by atoms with E-state index in [1.165, 1.54) is 12.1 Å². The van der Waals surface area contributed by atoms with Crippen LogP contribution in [0.3, 0.4) is 0 Å². The van der Waals surface area contributed by atoms with Crippen molar-refractivity contribution in [2.24, 2.45) is 11.8 Å². The predicted molar refractivity (Wildman–Crippen MR) is 158 cm³/mol. The van der Waals surface area contributed by atoms with Gasteiger partial charge in [0.25, 0.3) is 0 Å². The molecule has 7 nitrogen and oxygen atoms in total. The maximum atomic E-state index is 13.7. The summed E-state index contributed by atoms with van der Waals surface area (Å²) in [6.45, 7) is 7.12. The van der Waals surface area contributed by atoms with E-state index in [-0.39, 0.29) is 29.7 Å². The third-order valence-electron chi connectivity index (χ3n) is 8.01. The predicted octanol–water partition coefficient (Wildman–Crippen LogP) is 4.91. The highest BCUT2D eigenvalue weighted by molar-refractivity contribution is 5.95. The van der Waals surface area contributed by atoms with E-state index >= 15 is 0 Å². The first-order valence-corrected chi connectivity index (χ1v) is 14.1. The van der Waals surface area contributed by atoms with Crippen molar-refractivity contribution in [2.75, 3.05) is 28.6 Å². The Morgan fingerprint density at radius 3 is 1.52 bits per heavy atom. The summed E-state index contributed by atoms with van der Waals surface area (Å²) in [5.74, 6) is 0.364. The summed E-state index contributed by atoms with van der Waals surface area (Å²) < 4.78 is 13.7. The minimum Gasteiger partial charge on any atom is -0.363 e. The average molecular weight is 544 g/mol. The molecule has 3 aromatic rings. The molecule has 0 bridgehead atoms. The second-order valence-electron chi connectivity index (χ2n) is 11.1. The number of hydrogen-bond acceptors (Lipinski definition) is 5. The smallest absolute Gasteiger partial charge is 0.241 e. The number of nitrogens with one attached hydrogen (secondary N) is 4. The van der Waals surface area contributed by atoms with Crippen LogP contribution in [0.2, 0.25) is 0 Å². The summed E-state index contributed by atoms with van der Waals surface area (Å²) in [5.41, 5.74) is 4.57. The van der Waals surface area contributed by atoms with Crippen molar-refractivity contribution in [3.05, 3.63) is 89.7 Å². The Labute approximate surface area is 235 Å². The molecule has 8 heteroatoms. The van der Waals surface area contributed by atoms with Gasteiger partial charge in [-0.1, -0.05) is 38.1 Å². The van der Waals surface area contributed by atoms with Gasteiger partial charge in [0.15, 0.2) is 0 Å². The summed E-state index contributed by atoms with van der Waals surface area (Å²) in [6.07, 6.45) is 2.01. The van der Waals surface area contributed by atoms with Gasteiger partial charge in [-0.15, -0.1) is 0 Å². The molecule has 2 fully saturated rings. The van der Waals surface area contributed by atoms with Gasteiger partial charge in [0.1, 0.15) is 5.82 Å². The molecular formula is C32H38FN5O2. The SMILES string of the molecule is C[C@H]1CCN[C@@H]1C(=O)Nc1ccc(CN(Cc2ccc(NC(=O)[C@H]3NCC[C@@H]3C)cc2)c2ccc(F)cc2)cc1. The Bertz CT molecular complexity index is 1220. The molecular weight excluding hydrogens is 505 g/mol. The number of anilines is 3. The van der Waals surface area contributed by atoms with Crippen LogP contribution in [0, 0.1) is 17.7 Å². The second kappa shape index (κ2) is 12.6. The van der Waals surface area contributed by atoms with Crippen LogP contribution in [-0.2, 0) is 22.7 Å². The highest BCUT2D eigenvalue weighted by Crippen LogP contribution is 2.24. The first-order valence-electron chi connectivity index (χ1n) is 14.1. The molecule has 2 aliphatic heterocycles. The van der Waals surface area contributed by atoms with Crippen LogP contribution in [0.25, 0.3) is 0 Å². The van der Waals surface area contributed by atoms with E-state index < -0.39 is 0 Å². The zero-order chi connectivity index (χ0) is 28.1. The molecule has 0 saturated carbocycles. The first-order chi connectivity index (χ1) is 19.4. The van der Waals surface area contributed by atoms with E-state index in [2.05, 4.69) is 40.0 Å². The lowest BCUT2D eigenvalue weighted by molar-refractivity contribution is -0.119. The zero-order valence-corrected chi connectivity index (χ0v) is 23.1. The van der Waals surface area contributed by atoms with E-state index in [0.29, 0.717) is 24.9 Å². The van der Waals surface area contributed by atoms with E-state index in [9.17, 15) is 14.0 Å². The summed E-state index contributed by atoms with van der Waals surface area (Å²) >= 11 is 0. The fourth-order valence-electron chi connectivity index (χ4n) is 5.53. The molecule has 0 radical (unpaired) electrons. The molecule has 210 valence electrons. The van der Waals surface area contributed by atoms with Crippen molar-refractivity contribution in [2.45, 2.75) is 51.9 Å². The van der Waals surface area contributed by atoms with E-state index in [4.69, 9.17) is 0 Å². The Hall–Kier alpha value is -3.75. The maximum Gasteiger partial charge on any atom is 0.241 e. The first kappa shape index (κ1) is 27.8. The monoisotopic (exact) mass is 543 g/mol. The summed E-state index contributed by atoms with van der Waals surface area (Å²) in [5, 5.41) is 12.6. The molecule has 4 N–H and O–H groups in total. The Balaban J connectivity index is 1.24. The lowest BCUT2D eigenvalue weighted by atomic mass is 10.0. The van der Waals surface area contributed by atoms with Crippen LogP contribution in [0.1, 0.15) is 37.8 Å². The zero-order valence-electron chi connectivity index (χ0n) is 23.1. The third-order valence-corrected chi connectivity index (χ3v) is 8.01. The molecule has 0 aromatic heterocycles. The number of benzene rings is 3. The number of carbonyl (C=O) groups excluding carboxylic acids is 2. The largest absolute Gasteiger partial charge is 0.363 e. The van der Waals surface area contributed by atoms with Gasteiger partial charge in [-0.05, 0) is 97.4 Å². The van der Waals surface area contributed by atoms with Crippen LogP contribution >= 0.6 is 0 Å². The van der Waals surface area contributed by atoms with Gasteiger partial charge in [0.05, 0.1) is 12.1 Å². The van der Waals surface area contributed by atoms with Gasteiger partial charge in [-0.3, -0.25) is 9.59 Å². The van der Waals surface area contributed by atoms with E-state index in [0.717, 1.165) is 54.1 Å². The average Bonchev–Trinajstić information content (AvgIpc) is 3.58. The lowest BCUT2D eigenvalue weighted by Gasteiger charge is -2.26. The van der Waals surface area contributed by atoms with Gasteiger partial charge in [0.2, 0.25) is 11.8 Å². The molecule has 2 heterocycles. The number of hydrogen-bond donors (Lipinski definition) is 4. The van der Waals surface area contributed by atoms with Crippen molar-refractivity contribution in [1.29, 1.82) is 0 Å². The number of nitrogens with zero attached hydrogens (tertiary/aromatic N) is 1. The fourth-order valence-corrected chi connectivity index (χ4v) is 5.53. The summed E-state index contributed by atoms with van der Waals surface area (Å²) in [7, 11) is 0. The number of rotatable bonds is 9. The standard InChI is InChI=1S/C32H38FN5O2/c1-21-15-17-34-29(21)31(39)36-26-9-3-23(4-10-26)19-38(28-13-7-25(33)8-14-28)20-24-5-11-27(12-6-24)37-32(40)30-22(2)16-18-35-30/h3-14,21-22,29-30,34-35H,15-20H2,1-2H3,(H,36,39)(H,37,40)/t21-,22-,29-,30-/m0/s1. The highest BCUT2D eigenvalue weighted by Gasteiger charge is 2.30. The van der Waals surface area contributed by atoms with Crippen molar-refractivity contribution in [3.63, 3.8) is 0 Å². The maximum absolute atomic E-state index is 13.7. The van der Waals surface area contributed by atoms with Crippen LogP contribution in [0.5, 0.6) is 0 Å². The van der Waals surface area contributed by atoms with Crippen LogP contribution < -0.4 is 26.2 Å². The molecule has 0 spiro atoms. The van der Waals surface area contributed by atoms with E-state index in [1.54, 1.807) is 12.1 Å². The van der Waals surface area contributed by atoms with Gasteiger partial charge >= 0.3 is 0 Å². The summed E-state index contributed by atoms with van der Waals surface area (Å²) in [4.78, 5) is 27.4. The Morgan fingerprint density at radius 2 is 1.15 bits per heavy atom. The van der Waals surface area contributed by atoms with Gasteiger partial charge < -0.3 is 26.2 Å². The van der Waals surface area contributed by atoms with Crippen molar-refractivity contribution in [1.82, 2.24) is 10.6 Å². The lowest BCUT2D eigenvalue weighted by Crippen LogP contribution is -2.39. The second-order valence-corrected chi connectivity index (χ2v) is 11.1. The fraction of sp³-hybridized carbons (Fsp3) is 0.375.